The van der Waals surface area contributed by atoms with Gasteiger partial charge in [0.2, 0.25) is 0 Å². The molecule has 7 nitrogen and oxygen atoms in total. The summed E-state index contributed by atoms with van der Waals surface area (Å²) in [5.41, 5.74) is 1.14. The number of halogens is 3. The number of aromatic nitrogens is 3. The van der Waals surface area contributed by atoms with E-state index in [9.17, 15) is 17.4 Å². The third kappa shape index (κ3) is 5.37. The van der Waals surface area contributed by atoms with Crippen molar-refractivity contribution in [1.82, 2.24) is 15.0 Å². The van der Waals surface area contributed by atoms with Crippen molar-refractivity contribution < 1.29 is 26.9 Å². The van der Waals surface area contributed by atoms with Crippen LogP contribution in [-0.2, 0) is 11.0 Å². The number of nitrogens with zero attached hydrogens (tertiary/aromatic N) is 3. The highest BCUT2D eigenvalue weighted by atomic mass is 32.2. The Morgan fingerprint density at radius 1 is 1.03 bits per heavy atom. The maximum absolute atomic E-state index is 12.7. The molecule has 0 bridgehead atoms. The van der Waals surface area contributed by atoms with Gasteiger partial charge in [-0.1, -0.05) is 6.07 Å². The van der Waals surface area contributed by atoms with Gasteiger partial charge in [-0.05, 0) is 41.8 Å². The van der Waals surface area contributed by atoms with Gasteiger partial charge in [0.25, 0.3) is 0 Å². The van der Waals surface area contributed by atoms with Gasteiger partial charge in [0, 0.05) is 29.4 Å². The lowest BCUT2D eigenvalue weighted by molar-refractivity contribution is -0.153. The predicted octanol–water partition coefficient (Wildman–Crippen LogP) is 4.78. The van der Waals surface area contributed by atoms with E-state index < -0.39 is 23.8 Å². The highest BCUT2D eigenvalue weighted by molar-refractivity contribution is 7.86. The fraction of sp³-hybridized carbons (Fsp3) is 0.136. The summed E-state index contributed by atoms with van der Waals surface area (Å²) in [6, 6.07) is 13.0. The molecule has 11 heteroatoms. The molecule has 170 valence electrons. The Morgan fingerprint density at radius 3 is 2.61 bits per heavy atom. The Bertz CT molecular complexity index is 1300. The first-order valence-electron chi connectivity index (χ1n) is 9.55. The Kier molecular flexibility index (Phi) is 6.40. The number of hydrogen-bond donors (Lipinski definition) is 1. The van der Waals surface area contributed by atoms with Crippen LogP contribution < -0.4 is 14.2 Å². The number of methoxy groups -OCH3 is 1. The van der Waals surface area contributed by atoms with Crippen molar-refractivity contribution in [3.05, 3.63) is 67.3 Å². The van der Waals surface area contributed by atoms with Crippen LogP contribution in [0.15, 0.2) is 72.1 Å². The molecule has 0 aliphatic carbocycles. The highest BCUT2D eigenvalue weighted by Crippen LogP contribution is 2.36. The van der Waals surface area contributed by atoms with Gasteiger partial charge in [-0.3, -0.25) is 9.71 Å². The fourth-order valence-corrected chi connectivity index (χ4v) is 3.97. The Balaban J connectivity index is 1.65. The first-order valence-corrected chi connectivity index (χ1v) is 10.7. The van der Waals surface area contributed by atoms with E-state index in [1.807, 2.05) is 0 Å². The number of anilines is 1. The number of ether oxygens (including phenoxy) is 2. The predicted molar refractivity (Wildman–Crippen MR) is 117 cm³/mol. The van der Waals surface area contributed by atoms with E-state index in [-0.39, 0.29) is 5.75 Å². The van der Waals surface area contributed by atoms with Crippen molar-refractivity contribution >= 4 is 27.6 Å². The van der Waals surface area contributed by atoms with Crippen molar-refractivity contribution in [3.63, 3.8) is 0 Å². The van der Waals surface area contributed by atoms with E-state index in [1.54, 1.807) is 42.6 Å². The molecular formula is C22H17F3N4O3S. The molecule has 0 aliphatic rings. The normalized spacial score (nSPS) is 12.4. The lowest BCUT2D eigenvalue weighted by atomic mass is 10.0. The average Bonchev–Trinajstić information content (AvgIpc) is 2.82. The van der Waals surface area contributed by atoms with E-state index in [1.165, 1.54) is 31.8 Å². The van der Waals surface area contributed by atoms with E-state index >= 15 is 0 Å². The molecule has 4 aromatic rings. The Labute approximate surface area is 189 Å². The van der Waals surface area contributed by atoms with Crippen LogP contribution in [0, 0.1) is 0 Å². The lowest BCUT2D eigenvalue weighted by Crippen LogP contribution is -2.19. The van der Waals surface area contributed by atoms with Crippen molar-refractivity contribution in [2.24, 2.45) is 0 Å². The van der Waals surface area contributed by atoms with Crippen LogP contribution in [0.5, 0.6) is 11.5 Å². The number of nitrogens with one attached hydrogen (secondary N) is 1. The topological polar surface area (TPSA) is 86.2 Å². The van der Waals surface area contributed by atoms with Crippen molar-refractivity contribution in [2.75, 3.05) is 18.4 Å². The second-order valence-corrected chi connectivity index (χ2v) is 7.99. The quantitative estimate of drug-likeness (QED) is 0.415. The smallest absolute Gasteiger partial charge is 0.422 e. The standard InChI is InChI=1S/C22H17F3N4O3S/c1-31-19-11-15(32-12-22(23,24)25)2-4-18(19)21-17-5-3-16(10-14(17)6-9-27-21)33(30)29-20-7-8-26-13-28-20/h2-11,13H,12H2,1H3,(H,26,28,29). The van der Waals surface area contributed by atoms with E-state index in [0.717, 1.165) is 10.8 Å². The minimum absolute atomic E-state index is 0.0293. The van der Waals surface area contributed by atoms with Crippen LogP contribution >= 0.6 is 0 Å². The van der Waals surface area contributed by atoms with Crippen molar-refractivity contribution in [2.45, 2.75) is 11.1 Å². The summed E-state index contributed by atoms with van der Waals surface area (Å²) in [4.78, 5) is 12.8. The Morgan fingerprint density at radius 2 is 1.88 bits per heavy atom. The maximum atomic E-state index is 12.7. The molecule has 2 aromatic heterocycles. The van der Waals surface area contributed by atoms with Gasteiger partial charge in [-0.2, -0.15) is 13.2 Å². The summed E-state index contributed by atoms with van der Waals surface area (Å²) in [5.74, 6) is 0.769. The van der Waals surface area contributed by atoms with Crippen LogP contribution in [0.2, 0.25) is 0 Å². The third-order valence-corrected chi connectivity index (χ3v) is 5.64. The molecule has 0 radical (unpaired) electrons. The zero-order valence-electron chi connectivity index (χ0n) is 17.2. The number of hydrogen-bond acceptors (Lipinski definition) is 6. The molecule has 0 spiro atoms. The van der Waals surface area contributed by atoms with Crippen LogP contribution in [0.1, 0.15) is 0 Å². The average molecular weight is 474 g/mol. The van der Waals surface area contributed by atoms with E-state index in [2.05, 4.69) is 19.7 Å². The van der Waals surface area contributed by atoms with Crippen molar-refractivity contribution in [3.8, 4) is 22.8 Å². The fourth-order valence-electron chi connectivity index (χ4n) is 3.11. The molecular weight excluding hydrogens is 457 g/mol. The minimum atomic E-state index is -4.44. The summed E-state index contributed by atoms with van der Waals surface area (Å²) in [5, 5.41) is 1.53. The summed E-state index contributed by atoms with van der Waals surface area (Å²) in [6.07, 6.45) is 0.0430. The second kappa shape index (κ2) is 9.41. The van der Waals surface area contributed by atoms with Gasteiger partial charge in [-0.25, -0.2) is 14.2 Å². The molecule has 0 saturated heterocycles. The van der Waals surface area contributed by atoms with E-state index in [4.69, 9.17) is 9.47 Å². The largest absolute Gasteiger partial charge is 0.496 e. The zero-order valence-corrected chi connectivity index (χ0v) is 18.0. The first kappa shape index (κ1) is 22.5. The molecule has 33 heavy (non-hydrogen) atoms. The van der Waals surface area contributed by atoms with Gasteiger partial charge in [0.05, 0.1) is 17.7 Å². The van der Waals surface area contributed by atoms with Crippen LogP contribution in [-0.4, -0.2) is 39.1 Å². The summed E-state index contributed by atoms with van der Waals surface area (Å²) in [7, 11) is -0.140. The van der Waals surface area contributed by atoms with Crippen LogP contribution in [0.3, 0.4) is 0 Å². The SMILES string of the molecule is COc1cc(OCC(F)(F)F)ccc1-c1nccc2cc(S(=O)Nc3ccncn3)ccc12. The molecule has 4 rings (SSSR count). The first-order chi connectivity index (χ1) is 15.8. The van der Waals surface area contributed by atoms with Crippen molar-refractivity contribution in [1.29, 1.82) is 0 Å². The molecule has 0 fully saturated rings. The molecule has 1 N–H and O–H groups in total. The number of pyridine rings is 1. The zero-order chi connectivity index (χ0) is 23.4. The van der Waals surface area contributed by atoms with Gasteiger partial charge in [0.1, 0.15) is 23.6 Å². The number of fused-ring (bicyclic) bond motifs is 1. The van der Waals surface area contributed by atoms with Gasteiger partial charge in [0.15, 0.2) is 17.6 Å². The molecule has 2 aromatic carbocycles. The number of rotatable bonds is 7. The minimum Gasteiger partial charge on any atom is -0.496 e. The van der Waals surface area contributed by atoms with Gasteiger partial charge in [-0.15, -0.1) is 0 Å². The Hall–Kier alpha value is -3.73. The second-order valence-electron chi connectivity index (χ2n) is 6.77. The van der Waals surface area contributed by atoms with Crippen LogP contribution in [0.4, 0.5) is 19.0 Å². The number of alkyl halides is 3. The summed E-state index contributed by atoms with van der Waals surface area (Å²) >= 11 is 0. The molecule has 1 unspecified atom stereocenters. The molecule has 0 amide bonds. The molecule has 2 heterocycles. The summed E-state index contributed by atoms with van der Waals surface area (Å²) < 4.78 is 63.1. The number of benzene rings is 2. The molecule has 1 atom stereocenters. The monoisotopic (exact) mass is 474 g/mol. The third-order valence-electron chi connectivity index (χ3n) is 4.56. The lowest BCUT2D eigenvalue weighted by Gasteiger charge is -2.14. The van der Waals surface area contributed by atoms with Crippen LogP contribution in [0.25, 0.3) is 22.0 Å². The molecule has 0 aliphatic heterocycles. The maximum Gasteiger partial charge on any atom is 0.422 e. The molecule has 0 saturated carbocycles. The van der Waals surface area contributed by atoms with Gasteiger partial charge < -0.3 is 9.47 Å². The van der Waals surface area contributed by atoms with Gasteiger partial charge >= 0.3 is 6.18 Å². The summed E-state index contributed by atoms with van der Waals surface area (Å²) in [6.45, 7) is -1.40. The van der Waals surface area contributed by atoms with E-state index in [0.29, 0.717) is 27.7 Å². The highest BCUT2D eigenvalue weighted by Gasteiger charge is 2.28.